The fourth-order valence-electron chi connectivity index (χ4n) is 1.34. The van der Waals surface area contributed by atoms with Gasteiger partial charge in [-0.1, -0.05) is 13.8 Å². The van der Waals surface area contributed by atoms with Gasteiger partial charge in [-0.15, -0.1) is 5.10 Å². The molecular formula is C11H19N5O2. The SMILES string of the molecule is CC(C)c1nc(C(=O)NCCCCC(N)=O)n[nH]1. The molecule has 0 aliphatic rings. The number of carbonyl (C=O) groups is 2. The van der Waals surface area contributed by atoms with Crippen molar-refractivity contribution in [3.63, 3.8) is 0 Å². The van der Waals surface area contributed by atoms with Gasteiger partial charge < -0.3 is 11.1 Å². The summed E-state index contributed by atoms with van der Waals surface area (Å²) in [6.07, 6.45) is 1.71. The van der Waals surface area contributed by atoms with E-state index in [-0.39, 0.29) is 23.6 Å². The standard InChI is InChI=1S/C11H19N5O2/c1-7(2)9-14-10(16-15-9)11(18)13-6-4-3-5-8(12)17/h7H,3-6H2,1-2H3,(H2,12,17)(H,13,18)(H,14,15,16). The summed E-state index contributed by atoms with van der Waals surface area (Å²) in [7, 11) is 0. The highest BCUT2D eigenvalue weighted by Crippen LogP contribution is 2.07. The van der Waals surface area contributed by atoms with Crippen LogP contribution < -0.4 is 11.1 Å². The minimum Gasteiger partial charge on any atom is -0.370 e. The van der Waals surface area contributed by atoms with Crippen molar-refractivity contribution in [3.8, 4) is 0 Å². The zero-order valence-corrected chi connectivity index (χ0v) is 10.7. The van der Waals surface area contributed by atoms with Crippen LogP contribution in [0.3, 0.4) is 0 Å². The third-order valence-corrected chi connectivity index (χ3v) is 2.39. The summed E-state index contributed by atoms with van der Waals surface area (Å²) in [4.78, 5) is 26.2. The minimum atomic E-state index is -0.322. The lowest BCUT2D eigenvalue weighted by molar-refractivity contribution is -0.118. The van der Waals surface area contributed by atoms with Gasteiger partial charge in [0.2, 0.25) is 11.7 Å². The van der Waals surface area contributed by atoms with Crippen molar-refractivity contribution >= 4 is 11.8 Å². The van der Waals surface area contributed by atoms with Crippen molar-refractivity contribution in [2.75, 3.05) is 6.54 Å². The third kappa shape index (κ3) is 4.52. The number of carbonyl (C=O) groups excluding carboxylic acids is 2. The molecule has 1 heterocycles. The fraction of sp³-hybridized carbons (Fsp3) is 0.636. The molecule has 1 aromatic heterocycles. The van der Waals surface area contributed by atoms with Gasteiger partial charge in [0.05, 0.1) is 0 Å². The van der Waals surface area contributed by atoms with Crippen molar-refractivity contribution in [2.45, 2.75) is 39.0 Å². The summed E-state index contributed by atoms with van der Waals surface area (Å²) in [5.41, 5.74) is 5.01. The maximum Gasteiger partial charge on any atom is 0.290 e. The highest BCUT2D eigenvalue weighted by Gasteiger charge is 2.13. The quantitative estimate of drug-likeness (QED) is 0.607. The minimum absolute atomic E-state index is 0.147. The Morgan fingerprint density at radius 3 is 2.67 bits per heavy atom. The number of hydrogen-bond donors (Lipinski definition) is 3. The van der Waals surface area contributed by atoms with Gasteiger partial charge in [0.15, 0.2) is 0 Å². The van der Waals surface area contributed by atoms with E-state index in [0.717, 1.165) is 0 Å². The Morgan fingerprint density at radius 1 is 1.39 bits per heavy atom. The van der Waals surface area contributed by atoms with Crippen LogP contribution in [-0.4, -0.2) is 33.5 Å². The third-order valence-electron chi connectivity index (χ3n) is 2.39. The van der Waals surface area contributed by atoms with Crippen molar-refractivity contribution < 1.29 is 9.59 Å². The summed E-state index contributed by atoms with van der Waals surface area (Å²) in [5, 5.41) is 9.25. The van der Waals surface area contributed by atoms with Crippen LogP contribution in [-0.2, 0) is 4.79 Å². The van der Waals surface area contributed by atoms with E-state index >= 15 is 0 Å². The molecule has 1 aromatic rings. The van der Waals surface area contributed by atoms with E-state index in [2.05, 4.69) is 20.5 Å². The van der Waals surface area contributed by atoms with Gasteiger partial charge >= 0.3 is 0 Å². The molecule has 7 heteroatoms. The second-order valence-corrected chi connectivity index (χ2v) is 4.38. The maximum atomic E-state index is 11.6. The van der Waals surface area contributed by atoms with Gasteiger partial charge in [-0.2, -0.15) is 0 Å². The largest absolute Gasteiger partial charge is 0.370 e. The molecule has 2 amide bonds. The van der Waals surface area contributed by atoms with Crippen molar-refractivity contribution in [2.24, 2.45) is 5.73 Å². The molecule has 4 N–H and O–H groups in total. The molecule has 1 rings (SSSR count). The van der Waals surface area contributed by atoms with Crippen LogP contribution in [0.25, 0.3) is 0 Å². The van der Waals surface area contributed by atoms with Crippen LogP contribution in [0.5, 0.6) is 0 Å². The number of hydrogen-bond acceptors (Lipinski definition) is 4. The summed E-state index contributed by atoms with van der Waals surface area (Å²) in [6.45, 7) is 4.41. The molecule has 0 atom stereocenters. The van der Waals surface area contributed by atoms with E-state index in [0.29, 0.717) is 31.6 Å². The zero-order chi connectivity index (χ0) is 13.5. The molecule has 0 saturated heterocycles. The van der Waals surface area contributed by atoms with Crippen LogP contribution in [0.2, 0.25) is 0 Å². The lowest BCUT2D eigenvalue weighted by Crippen LogP contribution is -2.25. The molecule has 0 aromatic carbocycles. The predicted molar refractivity (Wildman–Crippen MR) is 65.9 cm³/mol. The number of nitrogens with zero attached hydrogens (tertiary/aromatic N) is 2. The number of H-pyrrole nitrogens is 1. The van der Waals surface area contributed by atoms with Crippen LogP contribution in [0, 0.1) is 0 Å². The van der Waals surface area contributed by atoms with Crippen molar-refractivity contribution in [1.82, 2.24) is 20.5 Å². The van der Waals surface area contributed by atoms with E-state index in [9.17, 15) is 9.59 Å². The van der Waals surface area contributed by atoms with Gasteiger partial charge in [0.25, 0.3) is 5.91 Å². The summed E-state index contributed by atoms with van der Waals surface area (Å²) in [6, 6.07) is 0. The first-order valence-electron chi connectivity index (χ1n) is 5.99. The lowest BCUT2D eigenvalue weighted by atomic mass is 10.2. The highest BCUT2D eigenvalue weighted by molar-refractivity contribution is 5.90. The summed E-state index contributed by atoms with van der Waals surface area (Å²) < 4.78 is 0. The first-order chi connectivity index (χ1) is 8.50. The number of unbranched alkanes of at least 4 members (excludes halogenated alkanes) is 1. The average molecular weight is 253 g/mol. The molecule has 0 unspecified atom stereocenters. The molecule has 0 radical (unpaired) electrons. The van der Waals surface area contributed by atoms with Gasteiger partial charge in [0.1, 0.15) is 5.82 Å². The predicted octanol–water partition coefficient (Wildman–Crippen LogP) is 0.314. The molecule has 100 valence electrons. The first-order valence-corrected chi connectivity index (χ1v) is 5.99. The number of amides is 2. The molecular weight excluding hydrogens is 234 g/mol. The summed E-state index contributed by atoms with van der Waals surface area (Å²) >= 11 is 0. The van der Waals surface area contributed by atoms with E-state index in [4.69, 9.17) is 5.73 Å². The van der Waals surface area contributed by atoms with Crippen LogP contribution >= 0.6 is 0 Å². The molecule has 7 nitrogen and oxygen atoms in total. The smallest absolute Gasteiger partial charge is 0.290 e. The van der Waals surface area contributed by atoms with Gasteiger partial charge in [0, 0.05) is 18.9 Å². The molecule has 0 aliphatic carbocycles. The molecule has 18 heavy (non-hydrogen) atoms. The number of nitrogens with one attached hydrogen (secondary N) is 2. The van der Waals surface area contributed by atoms with Gasteiger partial charge in [-0.25, -0.2) is 4.98 Å². The normalized spacial score (nSPS) is 10.6. The van der Waals surface area contributed by atoms with E-state index in [1.54, 1.807) is 0 Å². The van der Waals surface area contributed by atoms with Crippen molar-refractivity contribution in [1.29, 1.82) is 0 Å². The second-order valence-electron chi connectivity index (χ2n) is 4.38. The fourth-order valence-corrected chi connectivity index (χ4v) is 1.34. The zero-order valence-electron chi connectivity index (χ0n) is 10.7. The van der Waals surface area contributed by atoms with Gasteiger partial charge in [-0.05, 0) is 12.8 Å². The Bertz CT molecular complexity index is 413. The Hall–Kier alpha value is -1.92. The Balaban J connectivity index is 2.29. The number of rotatable bonds is 7. The maximum absolute atomic E-state index is 11.6. The van der Waals surface area contributed by atoms with Crippen LogP contribution in [0.1, 0.15) is 55.5 Å². The molecule has 0 fully saturated rings. The number of aromatic nitrogens is 3. The van der Waals surface area contributed by atoms with Crippen molar-refractivity contribution in [3.05, 3.63) is 11.6 Å². The first kappa shape index (κ1) is 14.1. The topological polar surface area (TPSA) is 114 Å². The molecule has 0 saturated carbocycles. The Kier molecular flexibility index (Phi) is 5.29. The molecule has 0 aliphatic heterocycles. The number of nitrogens with two attached hydrogens (primary N) is 1. The summed E-state index contributed by atoms with van der Waals surface area (Å²) in [5.74, 6) is 0.409. The Morgan fingerprint density at radius 2 is 2.11 bits per heavy atom. The van der Waals surface area contributed by atoms with Crippen LogP contribution in [0.4, 0.5) is 0 Å². The van der Waals surface area contributed by atoms with E-state index in [1.807, 2.05) is 13.8 Å². The average Bonchev–Trinajstić information content (AvgIpc) is 2.77. The van der Waals surface area contributed by atoms with E-state index < -0.39 is 0 Å². The lowest BCUT2D eigenvalue weighted by Gasteiger charge is -2.01. The number of primary amides is 1. The highest BCUT2D eigenvalue weighted by atomic mass is 16.2. The van der Waals surface area contributed by atoms with E-state index in [1.165, 1.54) is 0 Å². The molecule has 0 bridgehead atoms. The van der Waals surface area contributed by atoms with Gasteiger partial charge in [-0.3, -0.25) is 14.7 Å². The number of aromatic amines is 1. The second kappa shape index (κ2) is 6.73. The monoisotopic (exact) mass is 253 g/mol. The molecule has 0 spiro atoms. The van der Waals surface area contributed by atoms with Crippen LogP contribution in [0.15, 0.2) is 0 Å². The Labute approximate surface area is 106 Å².